The van der Waals surface area contributed by atoms with E-state index in [0.29, 0.717) is 24.1 Å². The molecule has 0 bridgehead atoms. The van der Waals surface area contributed by atoms with Crippen LogP contribution in [0, 0.1) is 21.8 Å². The number of halogens is 1. The van der Waals surface area contributed by atoms with E-state index in [1.54, 1.807) is 0 Å². The fraction of sp³-hybridized carbons (Fsp3) is 0.600. The van der Waals surface area contributed by atoms with Crippen LogP contribution in [-0.2, 0) is 6.54 Å². The van der Waals surface area contributed by atoms with E-state index in [2.05, 4.69) is 12.2 Å². The third kappa shape index (κ3) is 4.00. The summed E-state index contributed by atoms with van der Waals surface area (Å²) >= 11 is 0. The number of nitro benzene ring substituents is 1. The Labute approximate surface area is 118 Å². The third-order valence-corrected chi connectivity index (χ3v) is 4.08. The molecule has 1 fully saturated rings. The highest BCUT2D eigenvalue weighted by Crippen LogP contribution is 2.23. The van der Waals surface area contributed by atoms with Crippen LogP contribution in [0.2, 0.25) is 0 Å². The maximum absolute atomic E-state index is 13.4. The number of nitro groups is 1. The molecule has 0 radical (unpaired) electrons. The van der Waals surface area contributed by atoms with Gasteiger partial charge in [-0.2, -0.15) is 0 Å². The van der Waals surface area contributed by atoms with Gasteiger partial charge in [-0.1, -0.05) is 26.2 Å². The van der Waals surface area contributed by atoms with Gasteiger partial charge >= 0.3 is 0 Å². The molecule has 0 saturated heterocycles. The zero-order valence-electron chi connectivity index (χ0n) is 11.8. The standard InChI is InChI=1S/C15H21FN2O2/c1-11-5-3-2-4-6-15(11)17-10-12-7-13(16)9-14(8-12)18(19)20/h7-9,11,15,17H,2-6,10H2,1H3. The van der Waals surface area contributed by atoms with Crippen LogP contribution in [-0.4, -0.2) is 11.0 Å². The number of nitrogens with one attached hydrogen (secondary N) is 1. The first-order valence-electron chi connectivity index (χ1n) is 7.23. The van der Waals surface area contributed by atoms with E-state index in [0.717, 1.165) is 12.5 Å². The number of rotatable bonds is 4. The second-order valence-corrected chi connectivity index (χ2v) is 5.68. The molecule has 1 aromatic rings. The molecule has 4 nitrogen and oxygen atoms in total. The topological polar surface area (TPSA) is 55.2 Å². The zero-order valence-corrected chi connectivity index (χ0v) is 11.8. The summed E-state index contributed by atoms with van der Waals surface area (Å²) in [5.41, 5.74) is 0.448. The molecule has 2 rings (SSSR count). The Morgan fingerprint density at radius 1 is 1.30 bits per heavy atom. The fourth-order valence-electron chi connectivity index (χ4n) is 2.89. The Hall–Kier alpha value is -1.49. The van der Waals surface area contributed by atoms with Crippen molar-refractivity contribution >= 4 is 5.69 Å². The number of benzene rings is 1. The molecule has 2 atom stereocenters. The lowest BCUT2D eigenvalue weighted by Gasteiger charge is -2.22. The molecule has 1 aliphatic carbocycles. The molecule has 0 aliphatic heterocycles. The maximum atomic E-state index is 13.4. The number of hydrogen-bond acceptors (Lipinski definition) is 3. The minimum atomic E-state index is -0.555. The quantitative estimate of drug-likeness (QED) is 0.518. The lowest BCUT2D eigenvalue weighted by Crippen LogP contribution is -2.33. The predicted molar refractivity (Wildman–Crippen MR) is 75.9 cm³/mol. The summed E-state index contributed by atoms with van der Waals surface area (Å²) in [6, 6.07) is 4.18. The second-order valence-electron chi connectivity index (χ2n) is 5.68. The normalized spacial score (nSPS) is 23.3. The zero-order chi connectivity index (χ0) is 14.5. The van der Waals surface area contributed by atoms with Crippen LogP contribution in [0.15, 0.2) is 18.2 Å². The summed E-state index contributed by atoms with van der Waals surface area (Å²) in [6.45, 7) is 2.71. The lowest BCUT2D eigenvalue weighted by molar-refractivity contribution is -0.385. The van der Waals surface area contributed by atoms with Crippen LogP contribution < -0.4 is 5.32 Å². The van der Waals surface area contributed by atoms with E-state index >= 15 is 0 Å². The van der Waals surface area contributed by atoms with Crippen LogP contribution in [0.3, 0.4) is 0 Å². The van der Waals surface area contributed by atoms with Gasteiger partial charge in [-0.05, 0) is 30.4 Å². The van der Waals surface area contributed by atoms with Crippen molar-refractivity contribution in [2.45, 2.75) is 51.6 Å². The highest BCUT2D eigenvalue weighted by molar-refractivity contribution is 5.35. The smallest absolute Gasteiger partial charge is 0.272 e. The van der Waals surface area contributed by atoms with Crippen LogP contribution in [0.1, 0.15) is 44.6 Å². The summed E-state index contributed by atoms with van der Waals surface area (Å²) in [5, 5.41) is 14.2. The molecule has 5 heteroatoms. The SMILES string of the molecule is CC1CCCCCC1NCc1cc(F)cc([N+](=O)[O-])c1. The van der Waals surface area contributed by atoms with Crippen molar-refractivity contribution in [2.24, 2.45) is 5.92 Å². The van der Waals surface area contributed by atoms with Gasteiger partial charge in [-0.15, -0.1) is 0 Å². The van der Waals surface area contributed by atoms with Crippen LogP contribution in [0.4, 0.5) is 10.1 Å². The molecule has 0 heterocycles. The van der Waals surface area contributed by atoms with E-state index in [-0.39, 0.29) is 5.69 Å². The summed E-state index contributed by atoms with van der Waals surface area (Å²) in [5.74, 6) is 0.0472. The Morgan fingerprint density at radius 3 is 2.80 bits per heavy atom. The summed E-state index contributed by atoms with van der Waals surface area (Å²) < 4.78 is 13.4. The minimum Gasteiger partial charge on any atom is -0.310 e. The second kappa shape index (κ2) is 6.79. The van der Waals surface area contributed by atoms with Crippen molar-refractivity contribution in [3.63, 3.8) is 0 Å². The van der Waals surface area contributed by atoms with Crippen LogP contribution in [0.25, 0.3) is 0 Å². The average molecular weight is 280 g/mol. The van der Waals surface area contributed by atoms with Gasteiger partial charge in [0.05, 0.1) is 11.0 Å². The van der Waals surface area contributed by atoms with Crippen molar-refractivity contribution < 1.29 is 9.31 Å². The molecule has 0 aromatic heterocycles. The lowest BCUT2D eigenvalue weighted by atomic mass is 9.97. The summed E-state index contributed by atoms with van der Waals surface area (Å²) in [4.78, 5) is 10.2. The van der Waals surface area contributed by atoms with Crippen molar-refractivity contribution in [2.75, 3.05) is 0 Å². The van der Waals surface area contributed by atoms with Crippen molar-refractivity contribution in [3.05, 3.63) is 39.7 Å². The predicted octanol–water partition coefficient (Wildman–Crippen LogP) is 3.79. The molecule has 110 valence electrons. The minimum absolute atomic E-state index is 0.185. The van der Waals surface area contributed by atoms with E-state index in [1.807, 2.05) is 0 Å². The number of nitrogens with zero attached hydrogens (tertiary/aromatic N) is 1. The third-order valence-electron chi connectivity index (χ3n) is 4.08. The summed E-state index contributed by atoms with van der Waals surface area (Å²) in [7, 11) is 0. The highest BCUT2D eigenvalue weighted by atomic mass is 19.1. The molecule has 20 heavy (non-hydrogen) atoms. The van der Waals surface area contributed by atoms with E-state index in [9.17, 15) is 14.5 Å². The van der Waals surface area contributed by atoms with Gasteiger partial charge in [0.25, 0.3) is 5.69 Å². The first kappa shape index (κ1) is 14.9. The van der Waals surface area contributed by atoms with Crippen molar-refractivity contribution in [1.82, 2.24) is 5.32 Å². The van der Waals surface area contributed by atoms with E-state index < -0.39 is 10.7 Å². The van der Waals surface area contributed by atoms with Gasteiger partial charge in [0, 0.05) is 18.7 Å². The fourth-order valence-corrected chi connectivity index (χ4v) is 2.89. The molecule has 0 amide bonds. The largest absolute Gasteiger partial charge is 0.310 e. The van der Waals surface area contributed by atoms with Gasteiger partial charge in [0.15, 0.2) is 0 Å². The highest BCUT2D eigenvalue weighted by Gasteiger charge is 2.19. The van der Waals surface area contributed by atoms with Gasteiger partial charge in [-0.25, -0.2) is 4.39 Å². The summed E-state index contributed by atoms with van der Waals surface area (Å²) in [6.07, 6.45) is 6.09. The molecule has 2 unspecified atom stereocenters. The molecule has 0 spiro atoms. The van der Waals surface area contributed by atoms with Crippen molar-refractivity contribution in [3.8, 4) is 0 Å². The van der Waals surface area contributed by atoms with E-state index in [4.69, 9.17) is 0 Å². The van der Waals surface area contributed by atoms with Gasteiger partial charge in [0.2, 0.25) is 0 Å². The molecular formula is C15H21FN2O2. The number of non-ortho nitro benzene ring substituents is 1. The molecule has 1 aliphatic rings. The Bertz CT molecular complexity index is 479. The molecule has 1 saturated carbocycles. The first-order chi connectivity index (χ1) is 9.56. The van der Waals surface area contributed by atoms with Gasteiger partial charge < -0.3 is 5.32 Å². The molecule has 1 aromatic carbocycles. The Balaban J connectivity index is 2.00. The van der Waals surface area contributed by atoms with Crippen molar-refractivity contribution in [1.29, 1.82) is 0 Å². The maximum Gasteiger partial charge on any atom is 0.272 e. The van der Waals surface area contributed by atoms with Crippen LogP contribution in [0.5, 0.6) is 0 Å². The van der Waals surface area contributed by atoms with Crippen LogP contribution >= 0.6 is 0 Å². The monoisotopic (exact) mass is 280 g/mol. The van der Waals surface area contributed by atoms with Gasteiger partial charge in [0.1, 0.15) is 5.82 Å². The van der Waals surface area contributed by atoms with E-state index in [1.165, 1.54) is 37.8 Å². The molecular weight excluding hydrogens is 259 g/mol. The molecule has 1 N–H and O–H groups in total. The first-order valence-corrected chi connectivity index (χ1v) is 7.23. The van der Waals surface area contributed by atoms with Gasteiger partial charge in [-0.3, -0.25) is 10.1 Å². The average Bonchev–Trinajstić information content (AvgIpc) is 2.60. The number of hydrogen-bond donors (Lipinski definition) is 1. The Kier molecular flexibility index (Phi) is 5.06. The Morgan fingerprint density at radius 2 is 2.05 bits per heavy atom.